The number of rotatable bonds is 5. The molecule has 1 aromatic carbocycles. The van der Waals surface area contributed by atoms with Crippen LogP contribution in [0.1, 0.15) is 31.2 Å². The number of halogens is 3. The third-order valence-electron chi connectivity index (χ3n) is 5.75. The Kier molecular flexibility index (Phi) is 5.53. The van der Waals surface area contributed by atoms with Crippen LogP contribution >= 0.6 is 0 Å². The number of aromatic nitrogens is 1. The SMILES string of the molecule is CC1(C)O[C@H](c2ccc(-c3ccc(C4(O)COC4)nc3)cc2)[C@@H](CF)N1C(=O)C(F)F. The van der Waals surface area contributed by atoms with Crippen molar-refractivity contribution in [3.63, 3.8) is 0 Å². The predicted octanol–water partition coefficient (Wildman–Crippen LogP) is 3.21. The number of hydrogen-bond acceptors (Lipinski definition) is 5. The Morgan fingerprint density at radius 2 is 1.84 bits per heavy atom. The molecule has 2 aliphatic rings. The van der Waals surface area contributed by atoms with Gasteiger partial charge in [0.25, 0.3) is 5.91 Å². The number of carbonyl (C=O) groups is 1. The van der Waals surface area contributed by atoms with Crippen LogP contribution in [0.15, 0.2) is 42.6 Å². The molecule has 1 aromatic heterocycles. The normalized spacial score (nSPS) is 24.3. The molecule has 0 unspecified atom stereocenters. The topological polar surface area (TPSA) is 71.9 Å². The van der Waals surface area contributed by atoms with Crippen molar-refractivity contribution >= 4 is 5.91 Å². The van der Waals surface area contributed by atoms with Gasteiger partial charge in [0.15, 0.2) is 5.60 Å². The highest BCUT2D eigenvalue weighted by atomic mass is 19.3. The van der Waals surface area contributed by atoms with Gasteiger partial charge < -0.3 is 19.5 Å². The Hall–Kier alpha value is -2.49. The largest absolute Gasteiger partial charge is 0.379 e. The molecule has 1 N–H and O–H groups in total. The van der Waals surface area contributed by atoms with Crippen molar-refractivity contribution in [2.75, 3.05) is 19.9 Å². The van der Waals surface area contributed by atoms with Gasteiger partial charge in [-0.1, -0.05) is 30.3 Å². The number of pyridine rings is 1. The van der Waals surface area contributed by atoms with Gasteiger partial charge in [0.1, 0.15) is 18.5 Å². The number of benzene rings is 1. The standard InChI is InChI=1S/C22H23F3N2O4/c1-21(2)27(20(28)19(24)25)16(9-23)18(31-21)14-5-3-13(4-6-14)15-7-8-17(26-10-15)22(29)11-30-12-22/h3-8,10,16,18-19,29H,9,11-12H2,1-2H3/t16-,18-/m1/s1. The van der Waals surface area contributed by atoms with Gasteiger partial charge in [0, 0.05) is 11.8 Å². The Bertz CT molecular complexity index is 946. The van der Waals surface area contributed by atoms with E-state index in [1.165, 1.54) is 13.8 Å². The monoisotopic (exact) mass is 436 g/mol. The second-order valence-corrected chi connectivity index (χ2v) is 8.29. The summed E-state index contributed by atoms with van der Waals surface area (Å²) in [6, 6.07) is 9.44. The average molecular weight is 436 g/mol. The quantitative estimate of drug-likeness (QED) is 0.780. The van der Waals surface area contributed by atoms with Crippen molar-refractivity contribution in [1.29, 1.82) is 0 Å². The van der Waals surface area contributed by atoms with Crippen molar-refractivity contribution in [1.82, 2.24) is 9.88 Å². The summed E-state index contributed by atoms with van der Waals surface area (Å²) in [6.07, 6.45) is -2.47. The molecule has 2 aliphatic heterocycles. The minimum Gasteiger partial charge on any atom is -0.379 e. The first-order valence-electron chi connectivity index (χ1n) is 9.88. The molecule has 0 saturated carbocycles. The average Bonchev–Trinajstić information content (AvgIpc) is 3.01. The van der Waals surface area contributed by atoms with Crippen LogP contribution in [-0.4, -0.2) is 59.0 Å². The van der Waals surface area contributed by atoms with E-state index in [1.54, 1.807) is 36.5 Å². The molecule has 0 spiro atoms. The number of nitrogens with zero attached hydrogens (tertiary/aromatic N) is 2. The maximum atomic E-state index is 13.8. The summed E-state index contributed by atoms with van der Waals surface area (Å²) in [4.78, 5) is 17.1. The van der Waals surface area contributed by atoms with E-state index in [0.29, 0.717) is 11.3 Å². The fourth-order valence-corrected chi connectivity index (χ4v) is 4.10. The number of amides is 1. The van der Waals surface area contributed by atoms with Gasteiger partial charge in [0.2, 0.25) is 0 Å². The molecule has 4 rings (SSSR count). The lowest BCUT2D eigenvalue weighted by Gasteiger charge is -2.35. The molecule has 6 nitrogen and oxygen atoms in total. The van der Waals surface area contributed by atoms with Crippen molar-refractivity contribution in [2.45, 2.75) is 43.7 Å². The molecular weight excluding hydrogens is 413 g/mol. The zero-order valence-electron chi connectivity index (χ0n) is 17.1. The molecule has 0 bridgehead atoms. The zero-order valence-corrected chi connectivity index (χ0v) is 17.1. The van der Waals surface area contributed by atoms with Crippen molar-refractivity contribution < 1.29 is 32.5 Å². The second kappa shape index (κ2) is 7.89. The van der Waals surface area contributed by atoms with E-state index < -0.39 is 42.5 Å². The summed E-state index contributed by atoms with van der Waals surface area (Å²) < 4.78 is 50.7. The number of ether oxygens (including phenoxy) is 2. The Labute approximate surface area is 177 Å². The smallest absolute Gasteiger partial charge is 0.315 e. The summed E-state index contributed by atoms with van der Waals surface area (Å²) >= 11 is 0. The third-order valence-corrected chi connectivity index (χ3v) is 5.75. The van der Waals surface area contributed by atoms with Crippen LogP contribution in [-0.2, 0) is 19.9 Å². The maximum absolute atomic E-state index is 13.8. The van der Waals surface area contributed by atoms with E-state index in [4.69, 9.17) is 9.47 Å². The minimum absolute atomic E-state index is 0.215. The maximum Gasteiger partial charge on any atom is 0.315 e. The van der Waals surface area contributed by atoms with E-state index in [-0.39, 0.29) is 13.2 Å². The van der Waals surface area contributed by atoms with Crippen LogP contribution in [0, 0.1) is 0 Å². The summed E-state index contributed by atoms with van der Waals surface area (Å²) in [5.74, 6) is -1.45. The first-order chi connectivity index (χ1) is 14.7. The van der Waals surface area contributed by atoms with Crippen LogP contribution in [0.2, 0.25) is 0 Å². The molecule has 3 heterocycles. The fraction of sp³-hybridized carbons (Fsp3) is 0.455. The Morgan fingerprint density at radius 1 is 1.19 bits per heavy atom. The molecule has 166 valence electrons. The molecule has 9 heteroatoms. The highest BCUT2D eigenvalue weighted by Gasteiger charge is 2.52. The highest BCUT2D eigenvalue weighted by Crippen LogP contribution is 2.42. The molecule has 2 fully saturated rings. The van der Waals surface area contributed by atoms with Crippen LogP contribution in [0.25, 0.3) is 11.1 Å². The van der Waals surface area contributed by atoms with E-state index >= 15 is 0 Å². The van der Waals surface area contributed by atoms with Gasteiger partial charge in [-0.15, -0.1) is 0 Å². The first kappa shape index (κ1) is 21.7. The lowest BCUT2D eigenvalue weighted by Crippen LogP contribution is -2.51. The second-order valence-electron chi connectivity index (χ2n) is 8.29. The minimum atomic E-state index is -3.24. The summed E-state index contributed by atoms with van der Waals surface area (Å²) in [7, 11) is 0. The molecule has 31 heavy (non-hydrogen) atoms. The summed E-state index contributed by atoms with van der Waals surface area (Å²) in [5, 5.41) is 10.3. The van der Waals surface area contributed by atoms with E-state index in [1.807, 2.05) is 6.07 Å². The zero-order chi connectivity index (χ0) is 22.4. The number of aliphatic hydroxyl groups is 1. The molecule has 0 radical (unpaired) electrons. The van der Waals surface area contributed by atoms with Crippen LogP contribution in [0.4, 0.5) is 13.2 Å². The van der Waals surface area contributed by atoms with Crippen LogP contribution < -0.4 is 0 Å². The van der Waals surface area contributed by atoms with Crippen LogP contribution in [0.3, 0.4) is 0 Å². The van der Waals surface area contributed by atoms with E-state index in [9.17, 15) is 23.1 Å². The first-order valence-corrected chi connectivity index (χ1v) is 9.88. The van der Waals surface area contributed by atoms with Crippen molar-refractivity contribution in [3.05, 3.63) is 53.9 Å². The fourth-order valence-electron chi connectivity index (χ4n) is 4.10. The number of hydrogen-bond donors (Lipinski definition) is 1. The lowest BCUT2D eigenvalue weighted by molar-refractivity contribution is -0.186. The Morgan fingerprint density at radius 3 is 2.32 bits per heavy atom. The van der Waals surface area contributed by atoms with Gasteiger partial charge in [-0.2, -0.15) is 8.78 Å². The molecule has 0 aliphatic carbocycles. The van der Waals surface area contributed by atoms with Crippen molar-refractivity contribution in [2.24, 2.45) is 0 Å². The lowest BCUT2D eigenvalue weighted by atomic mass is 9.95. The Balaban J connectivity index is 1.55. The van der Waals surface area contributed by atoms with Gasteiger partial charge in [0.05, 0.1) is 24.9 Å². The van der Waals surface area contributed by atoms with Gasteiger partial charge in [-0.3, -0.25) is 9.78 Å². The molecule has 2 atom stereocenters. The van der Waals surface area contributed by atoms with E-state index in [0.717, 1.165) is 16.0 Å². The van der Waals surface area contributed by atoms with Gasteiger partial charge in [-0.05, 0) is 31.0 Å². The third kappa shape index (κ3) is 3.81. The number of alkyl halides is 3. The summed E-state index contributed by atoms with van der Waals surface area (Å²) in [5.41, 5.74) is 0.346. The highest BCUT2D eigenvalue weighted by molar-refractivity contribution is 5.80. The van der Waals surface area contributed by atoms with E-state index in [2.05, 4.69) is 4.98 Å². The predicted molar refractivity (Wildman–Crippen MR) is 105 cm³/mol. The summed E-state index contributed by atoms with van der Waals surface area (Å²) in [6.45, 7) is 2.36. The molecule has 2 saturated heterocycles. The van der Waals surface area contributed by atoms with Crippen molar-refractivity contribution in [3.8, 4) is 11.1 Å². The van der Waals surface area contributed by atoms with Gasteiger partial charge in [-0.25, -0.2) is 4.39 Å². The molecule has 1 amide bonds. The molecule has 2 aromatic rings. The van der Waals surface area contributed by atoms with Gasteiger partial charge >= 0.3 is 6.43 Å². The molecular formula is C22H23F3N2O4. The number of carbonyl (C=O) groups excluding carboxylic acids is 1. The van der Waals surface area contributed by atoms with Crippen LogP contribution in [0.5, 0.6) is 0 Å².